The van der Waals surface area contributed by atoms with E-state index >= 15 is 0 Å². The Bertz CT molecular complexity index is 534. The molecule has 1 aliphatic heterocycles. The van der Waals surface area contributed by atoms with Crippen molar-refractivity contribution in [3.8, 4) is 0 Å². The van der Waals surface area contributed by atoms with Crippen LogP contribution < -0.4 is 16.0 Å². The molecular formula is C16H24N3O2+. The molecule has 1 aliphatic rings. The van der Waals surface area contributed by atoms with Crippen molar-refractivity contribution in [2.24, 2.45) is 11.7 Å². The number of carbonyl (C=O) groups excluding carboxylic acids is 2. The first kappa shape index (κ1) is 15.5. The second-order valence-corrected chi connectivity index (χ2v) is 5.97. The fourth-order valence-electron chi connectivity index (χ4n) is 2.78. The maximum absolute atomic E-state index is 12.1. The first-order valence-corrected chi connectivity index (χ1v) is 7.45. The van der Waals surface area contributed by atoms with Crippen molar-refractivity contribution in [3.63, 3.8) is 0 Å². The number of amides is 2. The van der Waals surface area contributed by atoms with Gasteiger partial charge in [0.1, 0.15) is 0 Å². The molecule has 5 nitrogen and oxygen atoms in total. The average Bonchev–Trinajstić information content (AvgIpc) is 2.43. The third-order valence-corrected chi connectivity index (χ3v) is 4.17. The summed E-state index contributed by atoms with van der Waals surface area (Å²) >= 11 is 0. The van der Waals surface area contributed by atoms with Gasteiger partial charge >= 0.3 is 0 Å². The SMILES string of the molecule is Cc1ccc(C)c(NC(=O)C[NH+]2CCC(C(N)=O)CC2)c1. The minimum atomic E-state index is -0.214. The van der Waals surface area contributed by atoms with Crippen LogP contribution in [0.2, 0.25) is 0 Å². The summed E-state index contributed by atoms with van der Waals surface area (Å²) in [5.41, 5.74) is 8.40. The van der Waals surface area contributed by atoms with E-state index in [2.05, 4.69) is 5.32 Å². The van der Waals surface area contributed by atoms with Crippen LogP contribution in [0, 0.1) is 19.8 Å². The van der Waals surface area contributed by atoms with Crippen LogP contribution in [-0.2, 0) is 9.59 Å². The lowest BCUT2D eigenvalue weighted by molar-refractivity contribution is -0.897. The number of hydrogen-bond donors (Lipinski definition) is 3. The van der Waals surface area contributed by atoms with Crippen LogP contribution in [0.3, 0.4) is 0 Å². The van der Waals surface area contributed by atoms with Crippen molar-refractivity contribution >= 4 is 17.5 Å². The zero-order valence-electron chi connectivity index (χ0n) is 12.7. The summed E-state index contributed by atoms with van der Waals surface area (Å²) in [6.07, 6.45) is 1.56. The standard InChI is InChI=1S/C16H23N3O2/c1-11-3-4-12(2)14(9-11)18-15(20)10-19-7-5-13(6-8-19)16(17)21/h3-4,9,13H,5-8,10H2,1-2H3,(H2,17,21)(H,18,20)/p+1. The quantitative estimate of drug-likeness (QED) is 0.731. The third-order valence-electron chi connectivity index (χ3n) is 4.17. The van der Waals surface area contributed by atoms with E-state index in [0.29, 0.717) is 6.54 Å². The van der Waals surface area contributed by atoms with E-state index in [1.54, 1.807) is 0 Å². The summed E-state index contributed by atoms with van der Waals surface area (Å²) < 4.78 is 0. The molecule has 0 aliphatic carbocycles. The number of nitrogens with two attached hydrogens (primary N) is 1. The molecule has 114 valence electrons. The first-order valence-electron chi connectivity index (χ1n) is 7.45. The second-order valence-electron chi connectivity index (χ2n) is 5.97. The Morgan fingerprint density at radius 2 is 1.95 bits per heavy atom. The summed E-state index contributed by atoms with van der Waals surface area (Å²) in [7, 11) is 0. The van der Waals surface area contributed by atoms with Gasteiger partial charge in [-0.25, -0.2) is 0 Å². The van der Waals surface area contributed by atoms with Crippen LogP contribution in [0.1, 0.15) is 24.0 Å². The molecule has 4 N–H and O–H groups in total. The Balaban J connectivity index is 1.85. The highest BCUT2D eigenvalue weighted by atomic mass is 16.2. The monoisotopic (exact) mass is 290 g/mol. The van der Waals surface area contributed by atoms with E-state index in [1.165, 1.54) is 4.90 Å². The molecule has 0 aromatic heterocycles. The summed E-state index contributed by atoms with van der Waals surface area (Å²) in [6.45, 7) is 6.09. The molecule has 1 fully saturated rings. The summed E-state index contributed by atoms with van der Waals surface area (Å²) in [4.78, 5) is 24.5. The van der Waals surface area contributed by atoms with Gasteiger partial charge in [0.15, 0.2) is 6.54 Å². The van der Waals surface area contributed by atoms with Crippen LogP contribution in [0.4, 0.5) is 5.69 Å². The Hall–Kier alpha value is -1.88. The van der Waals surface area contributed by atoms with Gasteiger partial charge in [0, 0.05) is 24.4 Å². The molecule has 21 heavy (non-hydrogen) atoms. The number of aryl methyl sites for hydroxylation is 2. The Morgan fingerprint density at radius 3 is 2.57 bits per heavy atom. The van der Waals surface area contributed by atoms with Crippen molar-refractivity contribution in [3.05, 3.63) is 29.3 Å². The van der Waals surface area contributed by atoms with E-state index < -0.39 is 0 Å². The van der Waals surface area contributed by atoms with Gasteiger partial charge in [-0.15, -0.1) is 0 Å². The molecule has 2 amide bonds. The number of quaternary nitrogens is 1. The third kappa shape index (κ3) is 4.29. The molecule has 1 saturated heterocycles. The van der Waals surface area contributed by atoms with E-state index in [-0.39, 0.29) is 17.7 Å². The van der Waals surface area contributed by atoms with E-state index in [9.17, 15) is 9.59 Å². The van der Waals surface area contributed by atoms with E-state index in [0.717, 1.165) is 42.7 Å². The molecule has 1 heterocycles. The van der Waals surface area contributed by atoms with Crippen LogP contribution in [0.25, 0.3) is 0 Å². The number of carbonyl (C=O) groups is 2. The number of nitrogens with one attached hydrogen (secondary N) is 2. The number of anilines is 1. The van der Waals surface area contributed by atoms with Gasteiger partial charge in [0.05, 0.1) is 13.1 Å². The largest absolute Gasteiger partial charge is 0.369 e. The summed E-state index contributed by atoms with van der Waals surface area (Å²) in [5, 5.41) is 2.98. The lowest BCUT2D eigenvalue weighted by Gasteiger charge is -2.27. The van der Waals surface area contributed by atoms with Crippen molar-refractivity contribution in [1.82, 2.24) is 0 Å². The van der Waals surface area contributed by atoms with Crippen LogP contribution >= 0.6 is 0 Å². The maximum Gasteiger partial charge on any atom is 0.279 e. The Labute approximate surface area is 125 Å². The predicted molar refractivity (Wildman–Crippen MR) is 82.0 cm³/mol. The molecule has 5 heteroatoms. The van der Waals surface area contributed by atoms with Gasteiger partial charge in [0.2, 0.25) is 5.91 Å². The number of rotatable bonds is 4. The highest BCUT2D eigenvalue weighted by molar-refractivity contribution is 5.92. The molecule has 0 radical (unpaired) electrons. The zero-order chi connectivity index (χ0) is 15.4. The number of primary amides is 1. The minimum Gasteiger partial charge on any atom is -0.369 e. The van der Waals surface area contributed by atoms with Crippen molar-refractivity contribution < 1.29 is 14.5 Å². The molecule has 1 aromatic carbocycles. The van der Waals surface area contributed by atoms with E-state index in [1.807, 2.05) is 32.0 Å². The normalized spacial score (nSPS) is 21.8. The van der Waals surface area contributed by atoms with Crippen molar-refractivity contribution in [2.75, 3.05) is 25.0 Å². The van der Waals surface area contributed by atoms with Gasteiger partial charge in [-0.1, -0.05) is 12.1 Å². The zero-order valence-corrected chi connectivity index (χ0v) is 12.7. The molecule has 0 unspecified atom stereocenters. The minimum absolute atomic E-state index is 0.0178. The number of hydrogen-bond acceptors (Lipinski definition) is 2. The molecule has 2 rings (SSSR count). The highest BCUT2D eigenvalue weighted by Crippen LogP contribution is 2.16. The molecular weight excluding hydrogens is 266 g/mol. The Kier molecular flexibility index (Phi) is 4.96. The summed E-state index contributed by atoms with van der Waals surface area (Å²) in [6, 6.07) is 6.03. The van der Waals surface area contributed by atoms with Gasteiger partial charge < -0.3 is 16.0 Å². The number of likely N-dealkylation sites (tertiary alicyclic amines) is 1. The topological polar surface area (TPSA) is 76.6 Å². The van der Waals surface area contributed by atoms with Gasteiger partial charge in [-0.3, -0.25) is 9.59 Å². The predicted octanol–water partition coefficient (Wildman–Crippen LogP) is 0.0221. The van der Waals surface area contributed by atoms with Crippen molar-refractivity contribution in [2.45, 2.75) is 26.7 Å². The lowest BCUT2D eigenvalue weighted by atomic mass is 9.96. The molecule has 0 atom stereocenters. The average molecular weight is 290 g/mol. The number of piperidine rings is 1. The molecule has 0 saturated carbocycles. The summed E-state index contributed by atoms with van der Waals surface area (Å²) in [5.74, 6) is -0.207. The molecule has 0 bridgehead atoms. The maximum atomic E-state index is 12.1. The highest BCUT2D eigenvalue weighted by Gasteiger charge is 2.27. The van der Waals surface area contributed by atoms with Crippen LogP contribution in [-0.4, -0.2) is 31.4 Å². The van der Waals surface area contributed by atoms with Crippen molar-refractivity contribution in [1.29, 1.82) is 0 Å². The first-order chi connectivity index (χ1) is 9.95. The Morgan fingerprint density at radius 1 is 1.29 bits per heavy atom. The van der Waals surface area contributed by atoms with Gasteiger partial charge in [-0.05, 0) is 31.0 Å². The fourth-order valence-corrected chi connectivity index (χ4v) is 2.78. The fraction of sp³-hybridized carbons (Fsp3) is 0.500. The lowest BCUT2D eigenvalue weighted by Crippen LogP contribution is -3.14. The number of benzene rings is 1. The van der Waals surface area contributed by atoms with E-state index in [4.69, 9.17) is 5.73 Å². The van der Waals surface area contributed by atoms with Gasteiger partial charge in [0.25, 0.3) is 5.91 Å². The molecule has 0 spiro atoms. The van der Waals surface area contributed by atoms with Crippen LogP contribution in [0.5, 0.6) is 0 Å². The smallest absolute Gasteiger partial charge is 0.279 e. The molecule has 1 aromatic rings. The van der Waals surface area contributed by atoms with Gasteiger partial charge in [-0.2, -0.15) is 0 Å². The van der Waals surface area contributed by atoms with Crippen LogP contribution in [0.15, 0.2) is 18.2 Å². The second kappa shape index (κ2) is 6.72.